The number of para-hydroxylation sites is 3. The topological polar surface area (TPSA) is 86.3 Å². The van der Waals surface area contributed by atoms with Gasteiger partial charge in [0.1, 0.15) is 17.2 Å². The fourth-order valence-corrected chi connectivity index (χ4v) is 3.84. The predicted octanol–water partition coefficient (Wildman–Crippen LogP) is 4.12. The van der Waals surface area contributed by atoms with Gasteiger partial charge < -0.3 is 24.3 Å². The van der Waals surface area contributed by atoms with Gasteiger partial charge in [0.2, 0.25) is 0 Å². The number of rotatable bonds is 8. The Labute approximate surface area is 197 Å². The number of benzene rings is 3. The number of imide groups is 1. The molecule has 0 spiro atoms. The molecule has 4 rings (SSSR count). The molecule has 1 N–H and O–H groups in total. The van der Waals surface area contributed by atoms with E-state index in [9.17, 15) is 9.59 Å². The number of amides is 2. The normalized spacial score (nSPS) is 13.2. The lowest BCUT2D eigenvalue weighted by Crippen LogP contribution is -2.32. The third-order valence-electron chi connectivity index (χ3n) is 5.44. The predicted molar refractivity (Wildman–Crippen MR) is 129 cm³/mol. The summed E-state index contributed by atoms with van der Waals surface area (Å²) in [6.07, 6.45) is 0. The monoisotopic (exact) mass is 460 g/mol. The van der Waals surface area contributed by atoms with Crippen molar-refractivity contribution in [1.29, 1.82) is 0 Å². The summed E-state index contributed by atoms with van der Waals surface area (Å²) < 4.78 is 21.6. The van der Waals surface area contributed by atoms with E-state index in [2.05, 4.69) is 5.32 Å². The molecule has 0 bridgehead atoms. The molecule has 3 aromatic rings. The number of nitrogens with one attached hydrogen (secondary N) is 1. The molecule has 2 amide bonds. The summed E-state index contributed by atoms with van der Waals surface area (Å²) in [7, 11) is 6.06. The SMILES string of the molecule is COc1ccc(NC2=C(c3ccccc3OC)C(=O)N(c3ccccc3OC)C2=O)cc1OC. The van der Waals surface area contributed by atoms with Crippen LogP contribution in [0.4, 0.5) is 11.4 Å². The minimum absolute atomic E-state index is 0.104. The lowest BCUT2D eigenvalue weighted by atomic mass is 10.0. The number of hydrogen-bond acceptors (Lipinski definition) is 7. The number of ether oxygens (including phenoxy) is 4. The Morgan fingerprint density at radius 3 is 1.94 bits per heavy atom. The lowest BCUT2D eigenvalue weighted by molar-refractivity contribution is -0.120. The van der Waals surface area contributed by atoms with E-state index in [4.69, 9.17) is 18.9 Å². The maximum absolute atomic E-state index is 13.7. The van der Waals surface area contributed by atoms with E-state index in [1.807, 2.05) is 0 Å². The number of anilines is 2. The average molecular weight is 460 g/mol. The minimum atomic E-state index is -0.523. The van der Waals surface area contributed by atoms with Crippen LogP contribution in [-0.4, -0.2) is 40.3 Å². The molecule has 0 saturated heterocycles. The van der Waals surface area contributed by atoms with Crippen LogP contribution in [-0.2, 0) is 9.59 Å². The molecular formula is C26H24N2O6. The second-order valence-corrected chi connectivity index (χ2v) is 7.26. The fourth-order valence-electron chi connectivity index (χ4n) is 3.84. The number of hydrogen-bond donors (Lipinski definition) is 1. The van der Waals surface area contributed by atoms with Crippen molar-refractivity contribution in [2.24, 2.45) is 0 Å². The van der Waals surface area contributed by atoms with E-state index >= 15 is 0 Å². The van der Waals surface area contributed by atoms with Gasteiger partial charge in [-0.25, -0.2) is 4.90 Å². The number of carbonyl (C=O) groups is 2. The highest BCUT2D eigenvalue weighted by molar-refractivity contribution is 6.46. The van der Waals surface area contributed by atoms with Gasteiger partial charge in [0, 0.05) is 17.3 Å². The highest BCUT2D eigenvalue weighted by Crippen LogP contribution is 2.40. The van der Waals surface area contributed by atoms with Crippen molar-refractivity contribution >= 4 is 28.8 Å². The number of nitrogens with zero attached hydrogens (tertiary/aromatic N) is 1. The van der Waals surface area contributed by atoms with E-state index in [1.54, 1.807) is 66.7 Å². The number of methoxy groups -OCH3 is 4. The average Bonchev–Trinajstić information content (AvgIpc) is 3.12. The Morgan fingerprint density at radius 2 is 1.26 bits per heavy atom. The van der Waals surface area contributed by atoms with Crippen molar-refractivity contribution in [3.8, 4) is 23.0 Å². The van der Waals surface area contributed by atoms with Gasteiger partial charge >= 0.3 is 0 Å². The lowest BCUT2D eigenvalue weighted by Gasteiger charge is -2.18. The van der Waals surface area contributed by atoms with Crippen molar-refractivity contribution in [3.05, 3.63) is 78.0 Å². The first-order valence-electron chi connectivity index (χ1n) is 10.4. The standard InChI is InChI=1S/C26H24N2O6/c1-31-19-11-7-5-9-17(19)23-24(27-16-13-14-21(33-3)22(15-16)34-4)26(30)28(25(23)29)18-10-6-8-12-20(18)32-2/h5-15,27H,1-4H3. The van der Waals surface area contributed by atoms with Crippen LogP contribution in [0.15, 0.2) is 72.4 Å². The second-order valence-electron chi connectivity index (χ2n) is 7.26. The quantitative estimate of drug-likeness (QED) is 0.506. The van der Waals surface area contributed by atoms with Crippen LogP contribution in [0.1, 0.15) is 5.56 Å². The van der Waals surface area contributed by atoms with Crippen molar-refractivity contribution in [3.63, 3.8) is 0 Å². The molecule has 1 aliphatic rings. The van der Waals surface area contributed by atoms with Crippen LogP contribution in [0.5, 0.6) is 23.0 Å². The molecule has 34 heavy (non-hydrogen) atoms. The highest BCUT2D eigenvalue weighted by Gasteiger charge is 2.42. The minimum Gasteiger partial charge on any atom is -0.496 e. The van der Waals surface area contributed by atoms with Gasteiger partial charge in [-0.05, 0) is 30.3 Å². The summed E-state index contributed by atoms with van der Waals surface area (Å²) in [5.74, 6) is 0.858. The summed E-state index contributed by atoms with van der Waals surface area (Å²) in [4.78, 5) is 28.5. The van der Waals surface area contributed by atoms with Gasteiger partial charge in [-0.3, -0.25) is 9.59 Å². The molecular weight excluding hydrogens is 436 g/mol. The van der Waals surface area contributed by atoms with Crippen LogP contribution >= 0.6 is 0 Å². The van der Waals surface area contributed by atoms with Crippen molar-refractivity contribution in [1.82, 2.24) is 0 Å². The summed E-state index contributed by atoms with van der Waals surface area (Å²) >= 11 is 0. The first-order chi connectivity index (χ1) is 16.5. The van der Waals surface area contributed by atoms with Gasteiger partial charge in [-0.2, -0.15) is 0 Å². The van der Waals surface area contributed by atoms with Crippen molar-refractivity contribution in [2.45, 2.75) is 0 Å². The molecule has 3 aromatic carbocycles. The van der Waals surface area contributed by atoms with Crippen LogP contribution < -0.4 is 29.2 Å². The van der Waals surface area contributed by atoms with Gasteiger partial charge in [0.25, 0.3) is 11.8 Å². The van der Waals surface area contributed by atoms with Crippen LogP contribution in [0.3, 0.4) is 0 Å². The molecule has 0 aliphatic carbocycles. The number of carbonyl (C=O) groups excluding carboxylic acids is 2. The first kappa shape index (κ1) is 22.7. The zero-order valence-electron chi connectivity index (χ0n) is 19.2. The third kappa shape index (κ3) is 3.90. The smallest absolute Gasteiger partial charge is 0.282 e. The summed E-state index contributed by atoms with van der Waals surface area (Å²) in [6, 6.07) is 19.0. The Morgan fingerprint density at radius 1 is 0.647 bits per heavy atom. The summed E-state index contributed by atoms with van der Waals surface area (Å²) in [5.41, 5.74) is 1.67. The fraction of sp³-hybridized carbons (Fsp3) is 0.154. The zero-order valence-corrected chi connectivity index (χ0v) is 19.2. The Hall–Kier alpha value is -4.46. The van der Waals surface area contributed by atoms with E-state index in [0.717, 1.165) is 4.90 Å². The van der Waals surface area contributed by atoms with Gasteiger partial charge in [-0.1, -0.05) is 30.3 Å². The Kier molecular flexibility index (Phi) is 6.40. The second kappa shape index (κ2) is 9.58. The summed E-state index contributed by atoms with van der Waals surface area (Å²) in [5, 5.41) is 3.12. The molecule has 1 heterocycles. The van der Waals surface area contributed by atoms with E-state index in [0.29, 0.717) is 39.9 Å². The molecule has 8 nitrogen and oxygen atoms in total. The molecule has 0 saturated carbocycles. The maximum atomic E-state index is 13.7. The van der Waals surface area contributed by atoms with Crippen molar-refractivity contribution < 1.29 is 28.5 Å². The van der Waals surface area contributed by atoms with E-state index < -0.39 is 11.8 Å². The Balaban J connectivity index is 1.87. The van der Waals surface area contributed by atoms with Crippen LogP contribution in [0.2, 0.25) is 0 Å². The largest absolute Gasteiger partial charge is 0.496 e. The molecule has 0 fully saturated rings. The van der Waals surface area contributed by atoms with Gasteiger partial charge in [0.05, 0.1) is 39.7 Å². The van der Waals surface area contributed by atoms with E-state index in [-0.39, 0.29) is 11.3 Å². The third-order valence-corrected chi connectivity index (χ3v) is 5.44. The van der Waals surface area contributed by atoms with Crippen LogP contribution in [0, 0.1) is 0 Å². The molecule has 0 unspecified atom stereocenters. The zero-order chi connectivity index (χ0) is 24.2. The van der Waals surface area contributed by atoms with Crippen LogP contribution in [0.25, 0.3) is 5.57 Å². The molecule has 0 atom stereocenters. The molecule has 0 aromatic heterocycles. The highest BCUT2D eigenvalue weighted by atomic mass is 16.5. The molecule has 174 valence electrons. The van der Waals surface area contributed by atoms with Gasteiger partial charge in [0.15, 0.2) is 11.5 Å². The Bertz CT molecular complexity index is 1280. The first-order valence-corrected chi connectivity index (χ1v) is 10.4. The molecule has 0 radical (unpaired) electrons. The van der Waals surface area contributed by atoms with E-state index in [1.165, 1.54) is 28.4 Å². The van der Waals surface area contributed by atoms with Gasteiger partial charge in [-0.15, -0.1) is 0 Å². The molecule has 8 heteroatoms. The van der Waals surface area contributed by atoms with Crippen molar-refractivity contribution in [2.75, 3.05) is 38.7 Å². The summed E-state index contributed by atoms with van der Waals surface area (Å²) in [6.45, 7) is 0. The molecule has 1 aliphatic heterocycles. The maximum Gasteiger partial charge on any atom is 0.282 e.